The minimum absolute atomic E-state index is 0.197. The van der Waals surface area contributed by atoms with Crippen LogP contribution < -0.4 is 5.32 Å². The third-order valence-corrected chi connectivity index (χ3v) is 5.18. The van der Waals surface area contributed by atoms with Gasteiger partial charge < -0.3 is 19.7 Å². The monoisotopic (exact) mass is 414 g/mol. The summed E-state index contributed by atoms with van der Waals surface area (Å²) in [4.78, 5) is 26.3. The first kappa shape index (κ1) is 27.7. The Kier molecular flexibility index (Phi) is 19.1. The summed E-state index contributed by atoms with van der Waals surface area (Å²) < 4.78 is 10.9. The Balaban J connectivity index is 4.30. The van der Waals surface area contributed by atoms with Gasteiger partial charge in [-0.25, -0.2) is 4.79 Å². The lowest BCUT2D eigenvalue weighted by molar-refractivity contribution is -0.144. The Hall–Kier alpha value is -1.30. The van der Waals surface area contributed by atoms with Crippen LogP contribution in [0.25, 0.3) is 0 Å². The van der Waals surface area contributed by atoms with E-state index in [1.165, 1.54) is 25.7 Å². The van der Waals surface area contributed by atoms with E-state index >= 15 is 0 Å². The molecule has 6 nitrogen and oxygen atoms in total. The Labute approximate surface area is 179 Å². The first-order valence-corrected chi connectivity index (χ1v) is 11.9. The molecule has 0 saturated heterocycles. The van der Waals surface area contributed by atoms with Crippen molar-refractivity contribution in [3.05, 3.63) is 0 Å². The van der Waals surface area contributed by atoms with E-state index in [1.54, 1.807) is 0 Å². The zero-order valence-corrected chi connectivity index (χ0v) is 19.5. The van der Waals surface area contributed by atoms with Gasteiger partial charge in [-0.1, -0.05) is 66.2 Å². The van der Waals surface area contributed by atoms with E-state index in [9.17, 15) is 9.59 Å². The molecule has 172 valence electrons. The van der Waals surface area contributed by atoms with Crippen LogP contribution in [0.3, 0.4) is 0 Å². The number of nitrogens with zero attached hydrogens (tertiary/aromatic N) is 1. The number of carbonyl (C=O) groups is 2. The molecular weight excluding hydrogens is 368 g/mol. The van der Waals surface area contributed by atoms with Gasteiger partial charge in [-0.3, -0.25) is 4.79 Å². The first-order valence-electron chi connectivity index (χ1n) is 11.9. The lowest BCUT2D eigenvalue weighted by atomic mass is 10.0. The van der Waals surface area contributed by atoms with Crippen molar-refractivity contribution in [1.82, 2.24) is 10.2 Å². The molecule has 1 atom stereocenters. The van der Waals surface area contributed by atoms with Gasteiger partial charge in [0.1, 0.15) is 6.10 Å². The van der Waals surface area contributed by atoms with E-state index in [0.717, 1.165) is 51.7 Å². The summed E-state index contributed by atoms with van der Waals surface area (Å²) >= 11 is 0. The summed E-state index contributed by atoms with van der Waals surface area (Å²) in [6.45, 7) is 12.3. The fourth-order valence-corrected chi connectivity index (χ4v) is 3.14. The third kappa shape index (κ3) is 17.3. The van der Waals surface area contributed by atoms with Crippen molar-refractivity contribution in [2.75, 3.05) is 32.8 Å². The molecule has 0 aliphatic heterocycles. The lowest BCUT2D eigenvalue weighted by Gasteiger charge is -2.20. The topological polar surface area (TPSA) is 67.9 Å². The maximum Gasteiger partial charge on any atom is 0.407 e. The molecule has 1 unspecified atom stereocenters. The van der Waals surface area contributed by atoms with Crippen LogP contribution >= 0.6 is 0 Å². The fraction of sp³-hybridized carbons (Fsp3) is 0.913. The van der Waals surface area contributed by atoms with Crippen molar-refractivity contribution in [2.45, 2.75) is 104 Å². The molecule has 0 aliphatic rings. The zero-order valence-electron chi connectivity index (χ0n) is 19.5. The van der Waals surface area contributed by atoms with E-state index in [0.29, 0.717) is 26.0 Å². The van der Waals surface area contributed by atoms with E-state index < -0.39 is 0 Å². The van der Waals surface area contributed by atoms with Gasteiger partial charge in [0.2, 0.25) is 0 Å². The summed E-state index contributed by atoms with van der Waals surface area (Å²) in [7, 11) is 0. The molecule has 0 spiro atoms. The van der Waals surface area contributed by atoms with Crippen molar-refractivity contribution < 1.29 is 19.1 Å². The van der Waals surface area contributed by atoms with Crippen molar-refractivity contribution in [3.63, 3.8) is 0 Å². The summed E-state index contributed by atoms with van der Waals surface area (Å²) in [5.74, 6) is -0.197. The second kappa shape index (κ2) is 20.0. The Morgan fingerprint density at radius 3 is 2.17 bits per heavy atom. The van der Waals surface area contributed by atoms with Crippen molar-refractivity contribution in [2.24, 2.45) is 0 Å². The average molecular weight is 415 g/mol. The van der Waals surface area contributed by atoms with Crippen LogP contribution in [0.5, 0.6) is 0 Å². The molecule has 0 saturated carbocycles. The molecule has 0 aromatic carbocycles. The highest BCUT2D eigenvalue weighted by Crippen LogP contribution is 2.15. The summed E-state index contributed by atoms with van der Waals surface area (Å²) in [5.41, 5.74) is 0. The average Bonchev–Trinajstić information content (AvgIpc) is 2.72. The highest BCUT2D eigenvalue weighted by atomic mass is 16.6. The van der Waals surface area contributed by atoms with E-state index in [1.807, 2.05) is 0 Å². The maximum absolute atomic E-state index is 12.2. The van der Waals surface area contributed by atoms with Gasteiger partial charge in [-0.05, 0) is 38.8 Å². The Morgan fingerprint density at radius 1 is 0.862 bits per heavy atom. The number of rotatable bonds is 19. The van der Waals surface area contributed by atoms with Gasteiger partial charge >= 0.3 is 12.1 Å². The highest BCUT2D eigenvalue weighted by Gasteiger charge is 2.17. The molecule has 0 radical (unpaired) electrons. The van der Waals surface area contributed by atoms with Crippen LogP contribution in [0.1, 0.15) is 98.3 Å². The van der Waals surface area contributed by atoms with Gasteiger partial charge in [0, 0.05) is 19.5 Å². The molecule has 0 bridgehead atoms. The predicted octanol–water partition coefficient (Wildman–Crippen LogP) is 5.30. The van der Waals surface area contributed by atoms with Gasteiger partial charge in [0.15, 0.2) is 0 Å². The minimum atomic E-state index is -0.382. The number of hydrogen-bond acceptors (Lipinski definition) is 5. The molecular formula is C23H46N2O4. The number of esters is 1. The van der Waals surface area contributed by atoms with E-state index in [-0.39, 0.29) is 18.2 Å². The molecule has 29 heavy (non-hydrogen) atoms. The number of likely N-dealkylation sites (N-methyl/N-ethyl adjacent to an activating group) is 1. The lowest BCUT2D eigenvalue weighted by Crippen LogP contribution is -2.36. The van der Waals surface area contributed by atoms with Crippen molar-refractivity contribution in [1.29, 1.82) is 0 Å². The smallest absolute Gasteiger partial charge is 0.407 e. The maximum atomic E-state index is 12.2. The molecule has 6 heteroatoms. The molecule has 0 fully saturated rings. The molecule has 0 aromatic rings. The standard InChI is InChI=1S/C23H46N2O4/c1-5-9-11-12-13-14-15-21(16-17-22(26)28-20-10-6-2)29-23(27)24-18-19-25(7-3)8-4/h21H,5-20H2,1-4H3,(H,24,27). The molecule has 0 heterocycles. The summed E-state index contributed by atoms with van der Waals surface area (Å²) in [6.07, 6.45) is 10.1. The van der Waals surface area contributed by atoms with Crippen LogP contribution in [0.4, 0.5) is 4.79 Å². The zero-order chi connectivity index (χ0) is 21.7. The number of alkyl carbamates (subject to hydrolysis) is 1. The molecule has 0 aromatic heterocycles. The van der Waals surface area contributed by atoms with Gasteiger partial charge in [0.05, 0.1) is 6.61 Å². The van der Waals surface area contributed by atoms with Crippen LogP contribution in [-0.2, 0) is 14.3 Å². The number of hydrogen-bond donors (Lipinski definition) is 1. The normalized spacial score (nSPS) is 12.0. The van der Waals surface area contributed by atoms with Crippen LogP contribution in [0.15, 0.2) is 0 Å². The number of ether oxygens (including phenoxy) is 2. The van der Waals surface area contributed by atoms with Crippen LogP contribution in [0, 0.1) is 0 Å². The first-order chi connectivity index (χ1) is 14.1. The van der Waals surface area contributed by atoms with Gasteiger partial charge in [-0.15, -0.1) is 0 Å². The molecule has 1 N–H and O–H groups in total. The number of unbranched alkanes of at least 4 members (excludes halogenated alkanes) is 6. The Morgan fingerprint density at radius 2 is 1.52 bits per heavy atom. The highest BCUT2D eigenvalue weighted by molar-refractivity contribution is 5.69. The summed E-state index contributed by atoms with van der Waals surface area (Å²) in [6, 6.07) is 0. The second-order valence-electron chi connectivity index (χ2n) is 7.65. The molecule has 0 rings (SSSR count). The minimum Gasteiger partial charge on any atom is -0.466 e. The van der Waals surface area contributed by atoms with Gasteiger partial charge in [0.25, 0.3) is 0 Å². The fourth-order valence-electron chi connectivity index (χ4n) is 3.14. The largest absolute Gasteiger partial charge is 0.466 e. The SMILES string of the molecule is CCCCCCCCC(CCC(=O)OCCCC)OC(=O)NCCN(CC)CC. The number of nitrogens with one attached hydrogen (secondary N) is 1. The van der Waals surface area contributed by atoms with E-state index in [2.05, 4.69) is 37.9 Å². The van der Waals surface area contributed by atoms with E-state index in [4.69, 9.17) is 9.47 Å². The number of amides is 1. The van der Waals surface area contributed by atoms with Crippen LogP contribution in [-0.4, -0.2) is 55.9 Å². The predicted molar refractivity (Wildman–Crippen MR) is 119 cm³/mol. The quantitative estimate of drug-likeness (QED) is 0.229. The van der Waals surface area contributed by atoms with Crippen molar-refractivity contribution >= 4 is 12.1 Å². The third-order valence-electron chi connectivity index (χ3n) is 5.18. The number of carbonyl (C=O) groups excluding carboxylic acids is 2. The van der Waals surface area contributed by atoms with Gasteiger partial charge in [-0.2, -0.15) is 0 Å². The second-order valence-corrected chi connectivity index (χ2v) is 7.65. The van der Waals surface area contributed by atoms with Crippen molar-refractivity contribution in [3.8, 4) is 0 Å². The molecule has 1 amide bonds. The summed E-state index contributed by atoms with van der Waals surface area (Å²) in [5, 5.41) is 2.84. The van der Waals surface area contributed by atoms with Crippen LogP contribution in [0.2, 0.25) is 0 Å². The Bertz CT molecular complexity index is 400. The molecule has 0 aliphatic carbocycles.